The predicted octanol–water partition coefficient (Wildman–Crippen LogP) is 4.65. The number of likely N-dealkylation sites (tertiary alicyclic amines) is 1. The third kappa shape index (κ3) is 5.76. The first-order valence-corrected chi connectivity index (χ1v) is 11.3. The van der Waals surface area contributed by atoms with Gasteiger partial charge in [0.1, 0.15) is 0 Å². The van der Waals surface area contributed by atoms with Gasteiger partial charge in [-0.05, 0) is 42.7 Å². The Morgan fingerprint density at radius 2 is 1.88 bits per heavy atom. The highest BCUT2D eigenvalue weighted by atomic mass is 15.3. The average molecular weight is 426 g/mol. The number of nitrogens with zero attached hydrogens (tertiary/aromatic N) is 3. The normalized spacial score (nSPS) is 17.9. The lowest BCUT2D eigenvalue weighted by Crippen LogP contribution is -2.25. The lowest BCUT2D eigenvalue weighted by atomic mass is 10.1. The van der Waals surface area contributed by atoms with Crippen LogP contribution in [0.15, 0.2) is 102 Å². The van der Waals surface area contributed by atoms with E-state index in [0.29, 0.717) is 13.1 Å². The molecule has 2 N–H and O–H groups in total. The fraction of sp³-hybridized carbons (Fsp3) is 0.259. The highest BCUT2D eigenvalue weighted by Crippen LogP contribution is 2.23. The monoisotopic (exact) mass is 425 g/mol. The maximum absolute atomic E-state index is 4.52. The molecule has 3 heterocycles. The molecule has 0 bridgehead atoms. The van der Waals surface area contributed by atoms with Crippen LogP contribution in [0.2, 0.25) is 0 Å². The van der Waals surface area contributed by atoms with Gasteiger partial charge in [0.15, 0.2) is 0 Å². The molecule has 2 aromatic rings. The van der Waals surface area contributed by atoms with Gasteiger partial charge < -0.3 is 15.6 Å². The maximum atomic E-state index is 4.52. The number of hydrazone groups is 1. The molecule has 0 saturated carbocycles. The van der Waals surface area contributed by atoms with E-state index in [1.54, 1.807) is 0 Å². The van der Waals surface area contributed by atoms with Crippen molar-refractivity contribution >= 4 is 11.8 Å². The molecule has 5 nitrogen and oxygen atoms in total. The van der Waals surface area contributed by atoms with Gasteiger partial charge in [-0.2, -0.15) is 5.10 Å². The van der Waals surface area contributed by atoms with E-state index >= 15 is 0 Å². The predicted molar refractivity (Wildman–Crippen MR) is 133 cm³/mol. The minimum Gasteiger partial charge on any atom is -0.378 e. The number of rotatable bonds is 9. The molecule has 5 heteroatoms. The minimum atomic E-state index is 0.675. The van der Waals surface area contributed by atoms with Gasteiger partial charge >= 0.3 is 0 Å². The number of benzene rings is 1. The molecule has 0 aliphatic carbocycles. The van der Waals surface area contributed by atoms with Crippen molar-refractivity contribution < 1.29 is 0 Å². The number of nitrogens with one attached hydrogen (secondary N) is 2. The maximum Gasteiger partial charge on any atom is 0.0880 e. The third-order valence-corrected chi connectivity index (χ3v) is 5.67. The molecule has 0 radical (unpaired) electrons. The molecule has 2 aliphatic rings. The summed E-state index contributed by atoms with van der Waals surface area (Å²) in [4.78, 5) is 6.96. The van der Waals surface area contributed by atoms with Crippen LogP contribution in [0, 0.1) is 0 Å². The lowest BCUT2D eigenvalue weighted by molar-refractivity contribution is 0.410. The van der Waals surface area contributed by atoms with E-state index in [-0.39, 0.29) is 0 Å². The van der Waals surface area contributed by atoms with E-state index < -0.39 is 0 Å². The molecule has 0 atom stereocenters. The van der Waals surface area contributed by atoms with Gasteiger partial charge in [-0.15, -0.1) is 6.58 Å². The molecule has 0 spiro atoms. The van der Waals surface area contributed by atoms with E-state index in [1.165, 1.54) is 24.1 Å². The van der Waals surface area contributed by atoms with Crippen LogP contribution in [0.3, 0.4) is 0 Å². The van der Waals surface area contributed by atoms with Gasteiger partial charge in [0.2, 0.25) is 0 Å². The molecule has 32 heavy (non-hydrogen) atoms. The summed E-state index contributed by atoms with van der Waals surface area (Å²) < 4.78 is 0. The molecule has 1 aromatic heterocycles. The van der Waals surface area contributed by atoms with Crippen LogP contribution in [-0.4, -0.2) is 35.2 Å². The molecular weight excluding hydrogens is 394 g/mol. The average Bonchev–Trinajstić information content (AvgIpc) is 3.53. The molecule has 4 rings (SSSR count). The first-order chi connectivity index (χ1) is 15.8. The van der Waals surface area contributed by atoms with Crippen molar-refractivity contribution in [1.82, 2.24) is 20.6 Å². The van der Waals surface area contributed by atoms with Gasteiger partial charge in [-0.1, -0.05) is 48.6 Å². The summed E-state index contributed by atoms with van der Waals surface area (Å²) in [5, 5.41) is 8.18. The first-order valence-electron chi connectivity index (χ1n) is 11.3. The Hall–Kier alpha value is -3.60. The largest absolute Gasteiger partial charge is 0.378 e. The van der Waals surface area contributed by atoms with Gasteiger partial charge in [-0.3, -0.25) is 4.98 Å². The summed E-state index contributed by atoms with van der Waals surface area (Å²) >= 11 is 0. The number of hydrogen-bond donors (Lipinski definition) is 2. The summed E-state index contributed by atoms with van der Waals surface area (Å²) in [6.07, 6.45) is 13.6. The van der Waals surface area contributed by atoms with Crippen molar-refractivity contribution in [3.8, 4) is 0 Å². The standard InChI is InChI=1S/C27H31N5/c1-2-10-27(32-17-8-9-18-32)26(29-21-24-13-6-7-16-28-24)19-23-20-30-31-25(23)15-14-22-11-4-3-5-12-22/h2-7,11-16,19,29-30H,1,8-10,17-18,20-21H2/b15-14+,23-19+,27-26-. The molecule has 0 amide bonds. The first kappa shape index (κ1) is 21.6. The van der Waals surface area contributed by atoms with E-state index in [9.17, 15) is 0 Å². The van der Waals surface area contributed by atoms with Crippen LogP contribution in [0.25, 0.3) is 6.08 Å². The Labute approximate surface area is 191 Å². The summed E-state index contributed by atoms with van der Waals surface area (Å²) in [6.45, 7) is 7.58. The molecular formula is C27H31N5. The van der Waals surface area contributed by atoms with E-state index in [1.807, 2.05) is 48.7 Å². The Morgan fingerprint density at radius 3 is 2.62 bits per heavy atom. The third-order valence-electron chi connectivity index (χ3n) is 5.67. The zero-order valence-electron chi connectivity index (χ0n) is 18.5. The second kappa shape index (κ2) is 11.1. The zero-order chi connectivity index (χ0) is 22.0. The van der Waals surface area contributed by atoms with Gasteiger partial charge in [0.25, 0.3) is 0 Å². The van der Waals surface area contributed by atoms with E-state index in [2.05, 4.69) is 62.7 Å². The second-order valence-electron chi connectivity index (χ2n) is 7.97. The Bertz CT molecular complexity index is 1010. The lowest BCUT2D eigenvalue weighted by Gasteiger charge is -2.24. The smallest absolute Gasteiger partial charge is 0.0880 e. The Kier molecular flexibility index (Phi) is 7.53. The quantitative estimate of drug-likeness (QED) is 0.574. The number of aromatic nitrogens is 1. The fourth-order valence-corrected chi connectivity index (χ4v) is 4.01. The Morgan fingerprint density at radius 1 is 1.06 bits per heavy atom. The summed E-state index contributed by atoms with van der Waals surface area (Å²) in [6, 6.07) is 16.3. The van der Waals surface area contributed by atoms with Crippen LogP contribution in [0.5, 0.6) is 0 Å². The second-order valence-corrected chi connectivity index (χ2v) is 7.97. The van der Waals surface area contributed by atoms with Gasteiger partial charge in [0.05, 0.1) is 30.2 Å². The summed E-state index contributed by atoms with van der Waals surface area (Å²) in [5.41, 5.74) is 9.88. The van der Waals surface area contributed by atoms with Crippen molar-refractivity contribution in [2.75, 3.05) is 19.6 Å². The molecule has 164 valence electrons. The zero-order valence-corrected chi connectivity index (χ0v) is 18.5. The Balaban J connectivity index is 1.62. The van der Waals surface area contributed by atoms with E-state index in [4.69, 9.17) is 0 Å². The fourth-order valence-electron chi connectivity index (χ4n) is 4.01. The number of allylic oxidation sites excluding steroid dienone is 3. The topological polar surface area (TPSA) is 52.6 Å². The van der Waals surface area contributed by atoms with Crippen molar-refractivity contribution in [2.45, 2.75) is 25.8 Å². The molecule has 1 saturated heterocycles. The van der Waals surface area contributed by atoms with Crippen LogP contribution >= 0.6 is 0 Å². The van der Waals surface area contributed by atoms with Gasteiger partial charge in [-0.25, -0.2) is 0 Å². The van der Waals surface area contributed by atoms with Crippen LogP contribution in [0.4, 0.5) is 0 Å². The van der Waals surface area contributed by atoms with Crippen LogP contribution in [-0.2, 0) is 6.54 Å². The van der Waals surface area contributed by atoms with Crippen molar-refractivity contribution in [3.05, 3.63) is 108 Å². The molecule has 2 aliphatic heterocycles. The van der Waals surface area contributed by atoms with Crippen molar-refractivity contribution in [2.24, 2.45) is 5.10 Å². The summed E-state index contributed by atoms with van der Waals surface area (Å²) in [7, 11) is 0. The highest BCUT2D eigenvalue weighted by molar-refractivity contribution is 6.12. The summed E-state index contributed by atoms with van der Waals surface area (Å²) in [5.74, 6) is 0. The molecule has 1 fully saturated rings. The highest BCUT2D eigenvalue weighted by Gasteiger charge is 2.19. The molecule has 0 unspecified atom stereocenters. The minimum absolute atomic E-state index is 0.675. The van der Waals surface area contributed by atoms with Crippen molar-refractivity contribution in [3.63, 3.8) is 0 Å². The van der Waals surface area contributed by atoms with Gasteiger partial charge in [0, 0.05) is 37.0 Å². The molecule has 1 aromatic carbocycles. The van der Waals surface area contributed by atoms with Crippen LogP contribution in [0.1, 0.15) is 30.5 Å². The number of hydrogen-bond acceptors (Lipinski definition) is 5. The SMILES string of the molecule is C=CC/C(=C(\C=C1/CNN=C1/C=C/c1ccccc1)NCc1ccccn1)N1CCCC1. The van der Waals surface area contributed by atoms with Crippen LogP contribution < -0.4 is 10.7 Å². The van der Waals surface area contributed by atoms with E-state index in [0.717, 1.165) is 42.2 Å². The van der Waals surface area contributed by atoms with Crippen molar-refractivity contribution in [1.29, 1.82) is 0 Å². The number of pyridine rings is 1.